The molecule has 5 heteroatoms. The van der Waals surface area contributed by atoms with Crippen LogP contribution in [0.1, 0.15) is 42.7 Å². The van der Waals surface area contributed by atoms with Gasteiger partial charge in [0.1, 0.15) is 5.82 Å². The van der Waals surface area contributed by atoms with Gasteiger partial charge in [0.25, 0.3) is 5.91 Å². The molecule has 1 unspecified atom stereocenters. The molecular weight excluding hydrogens is 290 g/mol. The van der Waals surface area contributed by atoms with Gasteiger partial charge in [0.05, 0.1) is 23.3 Å². The minimum Gasteiger partial charge on any atom is -0.459 e. The van der Waals surface area contributed by atoms with Crippen LogP contribution in [0.25, 0.3) is 11.0 Å². The van der Waals surface area contributed by atoms with Crippen molar-refractivity contribution in [1.82, 2.24) is 14.9 Å². The quantitative estimate of drug-likeness (QED) is 0.782. The Hall–Kier alpha value is -2.56. The van der Waals surface area contributed by atoms with E-state index in [0.29, 0.717) is 11.7 Å². The van der Waals surface area contributed by atoms with E-state index in [1.807, 2.05) is 35.9 Å². The number of nitrogens with one attached hydrogen (secondary N) is 1. The molecule has 0 radical (unpaired) electrons. The molecule has 3 rings (SSSR count). The first kappa shape index (κ1) is 15.3. The van der Waals surface area contributed by atoms with Crippen LogP contribution in [0, 0.1) is 5.92 Å². The van der Waals surface area contributed by atoms with Gasteiger partial charge in [-0.05, 0) is 36.6 Å². The third-order valence-corrected chi connectivity index (χ3v) is 3.89. The highest BCUT2D eigenvalue weighted by molar-refractivity contribution is 5.91. The largest absolute Gasteiger partial charge is 0.459 e. The van der Waals surface area contributed by atoms with E-state index < -0.39 is 0 Å². The molecule has 0 aliphatic carbocycles. The number of imidazole rings is 1. The fraction of sp³-hybridized carbons (Fsp3) is 0.333. The molecular formula is C18H21N3O2. The Morgan fingerprint density at radius 2 is 2.04 bits per heavy atom. The van der Waals surface area contributed by atoms with Gasteiger partial charge in [-0.25, -0.2) is 4.98 Å². The summed E-state index contributed by atoms with van der Waals surface area (Å²) in [6, 6.07) is 11.2. The van der Waals surface area contributed by atoms with Crippen LogP contribution in [0.15, 0.2) is 47.1 Å². The predicted octanol–water partition coefficient (Wildman–Crippen LogP) is 3.68. The Morgan fingerprint density at radius 1 is 1.26 bits per heavy atom. The summed E-state index contributed by atoms with van der Waals surface area (Å²) >= 11 is 0. The molecule has 3 aromatic rings. The van der Waals surface area contributed by atoms with Gasteiger partial charge in [-0.2, -0.15) is 0 Å². The molecule has 1 N–H and O–H groups in total. The molecule has 0 spiro atoms. The van der Waals surface area contributed by atoms with E-state index >= 15 is 0 Å². The number of amides is 1. The summed E-state index contributed by atoms with van der Waals surface area (Å²) in [5, 5.41) is 3.05. The van der Waals surface area contributed by atoms with Crippen molar-refractivity contribution in [3.63, 3.8) is 0 Å². The molecule has 1 aromatic carbocycles. The standard InChI is InChI=1S/C18H21N3O2/c1-12(2)11-14(20-18(22)16-9-6-10-23-16)17-19-13-7-4-5-8-15(13)21(17)3/h4-10,12,14H,11H2,1-3H3,(H,20,22). The lowest BCUT2D eigenvalue weighted by Crippen LogP contribution is -2.31. The number of para-hydroxylation sites is 2. The van der Waals surface area contributed by atoms with Gasteiger partial charge in [0, 0.05) is 7.05 Å². The van der Waals surface area contributed by atoms with Crippen LogP contribution in [0.3, 0.4) is 0 Å². The van der Waals surface area contributed by atoms with Crippen LogP contribution < -0.4 is 5.32 Å². The van der Waals surface area contributed by atoms with Crippen molar-refractivity contribution in [2.24, 2.45) is 13.0 Å². The van der Waals surface area contributed by atoms with Crippen molar-refractivity contribution in [3.8, 4) is 0 Å². The normalized spacial score (nSPS) is 12.7. The summed E-state index contributed by atoms with van der Waals surface area (Å²) in [6.45, 7) is 4.27. The first-order valence-electron chi connectivity index (χ1n) is 7.82. The highest BCUT2D eigenvalue weighted by atomic mass is 16.3. The number of fused-ring (bicyclic) bond motifs is 1. The summed E-state index contributed by atoms with van der Waals surface area (Å²) in [5.41, 5.74) is 1.99. The Balaban J connectivity index is 1.94. The summed E-state index contributed by atoms with van der Waals surface area (Å²) in [7, 11) is 1.98. The fourth-order valence-corrected chi connectivity index (χ4v) is 2.81. The zero-order valence-electron chi connectivity index (χ0n) is 13.6. The van der Waals surface area contributed by atoms with Gasteiger partial charge >= 0.3 is 0 Å². The molecule has 0 saturated carbocycles. The van der Waals surface area contributed by atoms with Gasteiger partial charge in [-0.15, -0.1) is 0 Å². The van der Waals surface area contributed by atoms with Crippen LogP contribution in [-0.4, -0.2) is 15.5 Å². The lowest BCUT2D eigenvalue weighted by atomic mass is 10.0. The summed E-state index contributed by atoms with van der Waals surface area (Å²) in [5.74, 6) is 1.39. The van der Waals surface area contributed by atoms with Gasteiger partial charge in [0.15, 0.2) is 5.76 Å². The average Bonchev–Trinajstić information content (AvgIpc) is 3.15. The van der Waals surface area contributed by atoms with Crippen LogP contribution in [-0.2, 0) is 7.05 Å². The average molecular weight is 311 g/mol. The second-order valence-electron chi connectivity index (χ2n) is 6.15. The smallest absolute Gasteiger partial charge is 0.287 e. The Kier molecular flexibility index (Phi) is 4.19. The van der Waals surface area contributed by atoms with E-state index in [2.05, 4.69) is 19.2 Å². The SMILES string of the molecule is CC(C)CC(NC(=O)c1ccco1)c1nc2ccccc2n1C. The number of carbonyl (C=O) groups excluding carboxylic acids is 1. The Morgan fingerprint density at radius 3 is 2.70 bits per heavy atom. The van der Waals surface area contributed by atoms with E-state index in [1.54, 1.807) is 12.1 Å². The number of hydrogen-bond acceptors (Lipinski definition) is 3. The first-order chi connectivity index (χ1) is 11.1. The number of rotatable bonds is 5. The van der Waals surface area contributed by atoms with Crippen molar-refractivity contribution in [3.05, 3.63) is 54.2 Å². The van der Waals surface area contributed by atoms with Gasteiger partial charge < -0.3 is 14.3 Å². The number of nitrogens with zero attached hydrogens (tertiary/aromatic N) is 2. The van der Waals surface area contributed by atoms with Crippen molar-refractivity contribution in [1.29, 1.82) is 0 Å². The summed E-state index contributed by atoms with van der Waals surface area (Å²) in [4.78, 5) is 17.1. The first-order valence-corrected chi connectivity index (χ1v) is 7.82. The Labute approximate surface area is 135 Å². The zero-order valence-corrected chi connectivity index (χ0v) is 13.6. The number of aryl methyl sites for hydroxylation is 1. The molecule has 1 amide bonds. The molecule has 0 aliphatic rings. The summed E-state index contributed by atoms with van der Waals surface area (Å²) < 4.78 is 7.23. The van der Waals surface area contributed by atoms with Gasteiger partial charge in [-0.1, -0.05) is 26.0 Å². The molecule has 5 nitrogen and oxygen atoms in total. The summed E-state index contributed by atoms with van der Waals surface area (Å²) in [6.07, 6.45) is 2.31. The fourth-order valence-electron chi connectivity index (χ4n) is 2.81. The van der Waals surface area contributed by atoms with E-state index in [-0.39, 0.29) is 11.9 Å². The molecule has 120 valence electrons. The number of hydrogen-bond donors (Lipinski definition) is 1. The number of carbonyl (C=O) groups is 1. The molecule has 1 atom stereocenters. The van der Waals surface area contributed by atoms with Crippen LogP contribution >= 0.6 is 0 Å². The maximum Gasteiger partial charge on any atom is 0.287 e. The van der Waals surface area contributed by atoms with Crippen molar-refractivity contribution in [2.45, 2.75) is 26.3 Å². The van der Waals surface area contributed by atoms with Gasteiger partial charge in [0.2, 0.25) is 0 Å². The van der Waals surface area contributed by atoms with Gasteiger partial charge in [-0.3, -0.25) is 4.79 Å². The molecule has 0 saturated heterocycles. The number of furan rings is 1. The van der Waals surface area contributed by atoms with E-state index in [9.17, 15) is 4.79 Å². The van der Waals surface area contributed by atoms with E-state index in [1.165, 1.54) is 6.26 Å². The number of benzene rings is 1. The predicted molar refractivity (Wildman–Crippen MR) is 89.1 cm³/mol. The maximum atomic E-state index is 12.4. The second-order valence-corrected chi connectivity index (χ2v) is 6.15. The molecule has 2 heterocycles. The van der Waals surface area contributed by atoms with Crippen molar-refractivity contribution >= 4 is 16.9 Å². The van der Waals surface area contributed by atoms with Crippen LogP contribution in [0.2, 0.25) is 0 Å². The van der Waals surface area contributed by atoms with Crippen LogP contribution in [0.5, 0.6) is 0 Å². The molecule has 0 fully saturated rings. The molecule has 2 aromatic heterocycles. The monoisotopic (exact) mass is 311 g/mol. The van der Waals surface area contributed by atoms with Crippen molar-refractivity contribution in [2.75, 3.05) is 0 Å². The van der Waals surface area contributed by atoms with Crippen LogP contribution in [0.4, 0.5) is 0 Å². The zero-order chi connectivity index (χ0) is 16.4. The lowest BCUT2D eigenvalue weighted by Gasteiger charge is -2.20. The van der Waals surface area contributed by atoms with E-state index in [4.69, 9.17) is 9.40 Å². The maximum absolute atomic E-state index is 12.4. The molecule has 0 aliphatic heterocycles. The minimum absolute atomic E-state index is 0.162. The minimum atomic E-state index is -0.215. The second kappa shape index (κ2) is 6.28. The Bertz CT molecular complexity index is 803. The topological polar surface area (TPSA) is 60.1 Å². The lowest BCUT2D eigenvalue weighted by molar-refractivity contribution is 0.0901. The molecule has 23 heavy (non-hydrogen) atoms. The highest BCUT2D eigenvalue weighted by Crippen LogP contribution is 2.24. The third-order valence-electron chi connectivity index (χ3n) is 3.89. The third kappa shape index (κ3) is 3.13. The highest BCUT2D eigenvalue weighted by Gasteiger charge is 2.23. The van der Waals surface area contributed by atoms with E-state index in [0.717, 1.165) is 23.3 Å². The number of aromatic nitrogens is 2. The van der Waals surface area contributed by atoms with Crippen molar-refractivity contribution < 1.29 is 9.21 Å². The molecule has 0 bridgehead atoms.